The summed E-state index contributed by atoms with van der Waals surface area (Å²) in [5.74, 6) is 0. The van der Waals surface area contributed by atoms with Crippen molar-refractivity contribution in [3.63, 3.8) is 0 Å². The van der Waals surface area contributed by atoms with Crippen molar-refractivity contribution in [1.29, 1.82) is 0 Å². The maximum atomic E-state index is 4.76. The summed E-state index contributed by atoms with van der Waals surface area (Å²) in [5.41, 5.74) is 17.3. The third kappa shape index (κ3) is 4.28. The van der Waals surface area contributed by atoms with Gasteiger partial charge in [-0.05, 0) is 120 Å². The fourth-order valence-electron chi connectivity index (χ4n) is 9.56. The van der Waals surface area contributed by atoms with Crippen molar-refractivity contribution in [2.75, 3.05) is 0 Å². The second-order valence-electron chi connectivity index (χ2n) is 14.6. The molecule has 0 saturated heterocycles. The molecular formula is C53H32N2. The summed E-state index contributed by atoms with van der Waals surface area (Å²) in [7, 11) is 0. The Kier molecular flexibility index (Phi) is 6.37. The fourth-order valence-corrected chi connectivity index (χ4v) is 9.56. The molecule has 0 spiro atoms. The molecule has 2 heterocycles. The highest BCUT2D eigenvalue weighted by molar-refractivity contribution is 6.29. The number of nitrogens with zero attached hydrogens (tertiary/aromatic N) is 2. The maximum Gasteiger partial charge on any atom is 0.0709 e. The van der Waals surface area contributed by atoms with Crippen LogP contribution in [-0.2, 0) is 0 Å². The van der Waals surface area contributed by atoms with E-state index >= 15 is 0 Å². The molecule has 0 saturated carbocycles. The predicted molar refractivity (Wildman–Crippen MR) is 232 cm³/mol. The standard InChI is InChI=1S/C53H32N2/c1-4-14-33(15-5-1)48-39-20-10-11-21-40(39)49(34-16-6-2-7-17-34)53-43-27-26-37(38-22-12-23-42(50(38)43)52(48)53)35-25-29-46-44(32-35)51-41-24-13-31-54-45(41)28-30-47(51)55(46)36-18-8-3-9-19-36/h1-32H. The molecule has 9 aromatic carbocycles. The number of benzene rings is 9. The van der Waals surface area contributed by atoms with Gasteiger partial charge in [-0.3, -0.25) is 4.98 Å². The highest BCUT2D eigenvalue weighted by Crippen LogP contribution is 2.58. The van der Waals surface area contributed by atoms with Crippen LogP contribution in [0.2, 0.25) is 0 Å². The Morgan fingerprint density at radius 3 is 1.62 bits per heavy atom. The molecule has 0 radical (unpaired) electrons. The van der Waals surface area contributed by atoms with Gasteiger partial charge in [0.2, 0.25) is 0 Å². The SMILES string of the molecule is c1ccc(-c2c3c(c(-c4ccccc4)c4ccccc24)-c2ccc(-c4ccc5c(c4)c4c6cccnc6ccc4n5-c4ccccc4)c4cccc-3c24)cc1. The third-order valence-electron chi connectivity index (χ3n) is 11.8. The number of hydrogen-bond acceptors (Lipinski definition) is 1. The Morgan fingerprint density at radius 1 is 0.327 bits per heavy atom. The van der Waals surface area contributed by atoms with Crippen LogP contribution < -0.4 is 0 Å². The molecule has 11 aromatic rings. The first-order valence-corrected chi connectivity index (χ1v) is 19.0. The molecule has 2 aromatic heterocycles. The van der Waals surface area contributed by atoms with E-state index in [4.69, 9.17) is 4.98 Å². The highest BCUT2D eigenvalue weighted by Gasteiger charge is 2.31. The summed E-state index contributed by atoms with van der Waals surface area (Å²) in [6.45, 7) is 0. The van der Waals surface area contributed by atoms with Gasteiger partial charge in [-0.25, -0.2) is 0 Å². The smallest absolute Gasteiger partial charge is 0.0709 e. The molecule has 12 rings (SSSR count). The van der Waals surface area contributed by atoms with Gasteiger partial charge in [0.05, 0.1) is 16.6 Å². The summed E-state index contributed by atoms with van der Waals surface area (Å²) in [5, 5.41) is 8.77. The molecule has 0 bridgehead atoms. The Bertz CT molecular complexity index is 3250. The van der Waals surface area contributed by atoms with Crippen molar-refractivity contribution >= 4 is 54.3 Å². The summed E-state index contributed by atoms with van der Waals surface area (Å²) < 4.78 is 2.39. The molecule has 254 valence electrons. The monoisotopic (exact) mass is 696 g/mol. The number of aromatic nitrogens is 2. The number of para-hydroxylation sites is 1. The van der Waals surface area contributed by atoms with Gasteiger partial charge in [0.1, 0.15) is 0 Å². The van der Waals surface area contributed by atoms with Crippen molar-refractivity contribution in [3.05, 3.63) is 194 Å². The number of fused-ring (bicyclic) bond motifs is 9. The summed E-state index contributed by atoms with van der Waals surface area (Å²) in [6.07, 6.45) is 1.89. The van der Waals surface area contributed by atoms with Gasteiger partial charge in [-0.1, -0.05) is 146 Å². The van der Waals surface area contributed by atoms with E-state index < -0.39 is 0 Å². The van der Waals surface area contributed by atoms with Gasteiger partial charge in [-0.2, -0.15) is 0 Å². The number of rotatable bonds is 4. The first-order chi connectivity index (χ1) is 27.3. The summed E-state index contributed by atoms with van der Waals surface area (Å²) >= 11 is 0. The zero-order valence-corrected chi connectivity index (χ0v) is 29.9. The molecule has 1 aliphatic carbocycles. The molecule has 2 heteroatoms. The second-order valence-corrected chi connectivity index (χ2v) is 14.6. The van der Waals surface area contributed by atoms with Crippen LogP contribution in [0.4, 0.5) is 0 Å². The first-order valence-electron chi connectivity index (χ1n) is 19.0. The molecule has 0 atom stereocenters. The van der Waals surface area contributed by atoms with Crippen LogP contribution in [0.15, 0.2) is 194 Å². The lowest BCUT2D eigenvalue weighted by Crippen LogP contribution is -1.93. The van der Waals surface area contributed by atoms with E-state index in [0.717, 1.165) is 11.2 Å². The van der Waals surface area contributed by atoms with Crippen LogP contribution in [-0.4, -0.2) is 9.55 Å². The highest BCUT2D eigenvalue weighted by atomic mass is 15.0. The Balaban J connectivity index is 1.17. The molecule has 0 unspecified atom stereocenters. The zero-order chi connectivity index (χ0) is 36.0. The van der Waals surface area contributed by atoms with Crippen molar-refractivity contribution in [1.82, 2.24) is 9.55 Å². The van der Waals surface area contributed by atoms with E-state index in [-0.39, 0.29) is 0 Å². The molecule has 1 aliphatic rings. The van der Waals surface area contributed by atoms with Gasteiger partial charge in [0, 0.05) is 28.0 Å². The predicted octanol–water partition coefficient (Wildman–Crippen LogP) is 14.3. The van der Waals surface area contributed by atoms with Gasteiger partial charge < -0.3 is 4.57 Å². The van der Waals surface area contributed by atoms with Crippen molar-refractivity contribution in [2.45, 2.75) is 0 Å². The lowest BCUT2D eigenvalue weighted by atomic mass is 9.82. The quantitative estimate of drug-likeness (QED) is 0.179. The number of pyridine rings is 1. The van der Waals surface area contributed by atoms with Crippen molar-refractivity contribution in [2.24, 2.45) is 0 Å². The average molecular weight is 697 g/mol. The van der Waals surface area contributed by atoms with E-state index in [0.29, 0.717) is 0 Å². The lowest BCUT2D eigenvalue weighted by Gasteiger charge is -2.20. The van der Waals surface area contributed by atoms with E-state index in [1.165, 1.54) is 104 Å². The minimum absolute atomic E-state index is 1.01. The Morgan fingerprint density at radius 2 is 0.909 bits per heavy atom. The fraction of sp³-hybridized carbons (Fsp3) is 0. The largest absolute Gasteiger partial charge is 0.309 e. The number of hydrogen-bond donors (Lipinski definition) is 0. The van der Waals surface area contributed by atoms with E-state index in [9.17, 15) is 0 Å². The minimum atomic E-state index is 1.01. The minimum Gasteiger partial charge on any atom is -0.309 e. The third-order valence-corrected chi connectivity index (χ3v) is 11.8. The zero-order valence-electron chi connectivity index (χ0n) is 29.9. The van der Waals surface area contributed by atoms with Crippen LogP contribution >= 0.6 is 0 Å². The molecule has 2 nitrogen and oxygen atoms in total. The average Bonchev–Trinajstić information content (AvgIpc) is 3.77. The Hall–Kier alpha value is -7.29. The van der Waals surface area contributed by atoms with Crippen LogP contribution in [0.5, 0.6) is 0 Å². The molecule has 0 aliphatic heterocycles. The molecular weight excluding hydrogens is 665 g/mol. The van der Waals surface area contributed by atoms with E-state index in [1.54, 1.807) is 0 Å². The summed E-state index contributed by atoms with van der Waals surface area (Å²) in [4.78, 5) is 4.76. The van der Waals surface area contributed by atoms with Gasteiger partial charge in [-0.15, -0.1) is 0 Å². The van der Waals surface area contributed by atoms with Crippen LogP contribution in [0.1, 0.15) is 0 Å². The van der Waals surface area contributed by atoms with E-state index in [1.807, 2.05) is 6.20 Å². The van der Waals surface area contributed by atoms with Gasteiger partial charge in [0.25, 0.3) is 0 Å². The maximum absolute atomic E-state index is 4.76. The van der Waals surface area contributed by atoms with Crippen molar-refractivity contribution < 1.29 is 0 Å². The van der Waals surface area contributed by atoms with Crippen LogP contribution in [0.3, 0.4) is 0 Å². The molecule has 0 fully saturated rings. The molecule has 0 N–H and O–H groups in total. The topological polar surface area (TPSA) is 17.8 Å². The van der Waals surface area contributed by atoms with E-state index in [2.05, 4.69) is 193 Å². The first kappa shape index (κ1) is 30.2. The lowest BCUT2D eigenvalue weighted by molar-refractivity contribution is 1.18. The van der Waals surface area contributed by atoms with Crippen LogP contribution in [0.25, 0.3) is 116 Å². The van der Waals surface area contributed by atoms with Gasteiger partial charge in [0.15, 0.2) is 0 Å². The van der Waals surface area contributed by atoms with Gasteiger partial charge >= 0.3 is 0 Å². The molecule has 0 amide bonds. The normalized spacial score (nSPS) is 12.0. The summed E-state index contributed by atoms with van der Waals surface area (Å²) in [6, 6.07) is 68.9. The van der Waals surface area contributed by atoms with Crippen molar-refractivity contribution in [3.8, 4) is 61.3 Å². The van der Waals surface area contributed by atoms with Crippen LogP contribution in [0, 0.1) is 0 Å². The second kappa shape index (κ2) is 11.6. The Labute approximate surface area is 318 Å². The molecule has 55 heavy (non-hydrogen) atoms.